The fraction of sp³-hybridized carbons (Fsp3) is 0.500. The van der Waals surface area contributed by atoms with Crippen LogP contribution in [0.5, 0.6) is 5.75 Å². The highest BCUT2D eigenvalue weighted by atomic mass is 35.5. The van der Waals surface area contributed by atoms with E-state index in [2.05, 4.69) is 0 Å². The van der Waals surface area contributed by atoms with Crippen LogP contribution in [0.25, 0.3) is 0 Å². The molecule has 2 rings (SSSR count). The highest BCUT2D eigenvalue weighted by Gasteiger charge is 2.31. The van der Waals surface area contributed by atoms with Crippen LogP contribution in [0.15, 0.2) is 18.2 Å². The molecule has 1 aromatic carbocycles. The third-order valence-electron chi connectivity index (χ3n) is 3.34. The average molecular weight is 262 g/mol. The Hall–Kier alpha value is -0.840. The first-order chi connectivity index (χ1) is 7.59. The molecule has 0 aliphatic heterocycles. The summed E-state index contributed by atoms with van der Waals surface area (Å²) in [5.41, 5.74) is 6.09. The second kappa shape index (κ2) is 5.67. The van der Waals surface area contributed by atoms with E-state index in [1.807, 2.05) is 0 Å². The summed E-state index contributed by atoms with van der Waals surface area (Å²) in [7, 11) is 0. The van der Waals surface area contributed by atoms with Gasteiger partial charge in [-0.05, 0) is 24.8 Å². The van der Waals surface area contributed by atoms with Crippen molar-refractivity contribution < 1.29 is 14.6 Å². The van der Waals surface area contributed by atoms with Gasteiger partial charge in [-0.1, -0.05) is 12.5 Å². The minimum absolute atomic E-state index is 0. The van der Waals surface area contributed by atoms with E-state index in [-0.39, 0.29) is 29.6 Å². The van der Waals surface area contributed by atoms with E-state index < -0.39 is 18.0 Å². The lowest BCUT2D eigenvalue weighted by Crippen LogP contribution is -2.36. The summed E-state index contributed by atoms with van der Waals surface area (Å²) in [4.78, 5) is 0. The normalized spacial score (nSPS) is 19.0. The fourth-order valence-corrected chi connectivity index (χ4v) is 2.04. The summed E-state index contributed by atoms with van der Waals surface area (Å²) in [5, 5.41) is 19.0. The largest absolute Gasteiger partial charge is 0.508 e. The van der Waals surface area contributed by atoms with Crippen molar-refractivity contribution in [2.45, 2.75) is 31.4 Å². The molecule has 0 amide bonds. The van der Waals surface area contributed by atoms with Crippen molar-refractivity contribution in [3.8, 4) is 5.75 Å². The van der Waals surface area contributed by atoms with E-state index in [1.54, 1.807) is 0 Å². The summed E-state index contributed by atoms with van der Waals surface area (Å²) in [6.07, 6.45) is 2.31. The Labute approximate surface area is 106 Å². The van der Waals surface area contributed by atoms with Crippen LogP contribution in [0.4, 0.5) is 4.39 Å². The number of phenols is 1. The van der Waals surface area contributed by atoms with Crippen LogP contribution in [0, 0.1) is 11.7 Å². The summed E-state index contributed by atoms with van der Waals surface area (Å²) in [5.74, 6) is -0.513. The van der Waals surface area contributed by atoms with Gasteiger partial charge in [-0.25, -0.2) is 4.39 Å². The molecule has 0 aromatic heterocycles. The molecule has 1 fully saturated rings. The highest BCUT2D eigenvalue weighted by Crippen LogP contribution is 2.35. The Morgan fingerprint density at radius 2 is 2.00 bits per heavy atom. The first-order valence-corrected chi connectivity index (χ1v) is 5.51. The number of halogens is 2. The number of nitrogens with two attached hydrogens (primary N) is 1. The number of aromatic hydroxyl groups is 1. The second-order valence-electron chi connectivity index (χ2n) is 4.41. The van der Waals surface area contributed by atoms with E-state index >= 15 is 0 Å². The molecule has 3 nitrogen and oxygen atoms in total. The summed E-state index contributed by atoms with van der Waals surface area (Å²) in [6.45, 7) is 0. The Kier molecular flexibility index (Phi) is 4.74. The fourth-order valence-electron chi connectivity index (χ4n) is 2.04. The molecule has 5 heteroatoms. The molecule has 2 atom stereocenters. The first-order valence-electron chi connectivity index (χ1n) is 5.51. The Morgan fingerprint density at radius 1 is 1.35 bits per heavy atom. The molecule has 0 bridgehead atoms. The van der Waals surface area contributed by atoms with Crippen LogP contribution in [-0.2, 0) is 0 Å². The van der Waals surface area contributed by atoms with Gasteiger partial charge in [-0.2, -0.15) is 0 Å². The molecule has 1 saturated carbocycles. The number of hydrogen-bond donors (Lipinski definition) is 3. The lowest BCUT2D eigenvalue weighted by molar-refractivity contribution is 0.0404. The summed E-state index contributed by atoms with van der Waals surface area (Å²) < 4.78 is 13.5. The van der Waals surface area contributed by atoms with Gasteiger partial charge in [0.05, 0.1) is 12.1 Å². The molecule has 0 unspecified atom stereocenters. The van der Waals surface area contributed by atoms with Gasteiger partial charge in [0, 0.05) is 11.6 Å². The van der Waals surface area contributed by atoms with Crippen LogP contribution < -0.4 is 5.73 Å². The molecular formula is C12H17ClFNO2. The summed E-state index contributed by atoms with van der Waals surface area (Å²) in [6, 6.07) is 3.11. The zero-order valence-corrected chi connectivity index (χ0v) is 10.2. The molecule has 1 aliphatic carbocycles. The first kappa shape index (κ1) is 14.2. The maximum Gasteiger partial charge on any atom is 0.131 e. The average Bonchev–Trinajstić information content (AvgIpc) is 2.14. The van der Waals surface area contributed by atoms with Gasteiger partial charge in [0.2, 0.25) is 0 Å². The van der Waals surface area contributed by atoms with Crippen molar-refractivity contribution in [1.29, 1.82) is 0 Å². The van der Waals surface area contributed by atoms with Gasteiger partial charge < -0.3 is 15.9 Å². The van der Waals surface area contributed by atoms with Gasteiger partial charge >= 0.3 is 0 Å². The number of rotatable bonds is 3. The molecule has 0 spiro atoms. The van der Waals surface area contributed by atoms with Gasteiger partial charge in [0.1, 0.15) is 11.6 Å². The lowest BCUT2D eigenvalue weighted by atomic mass is 9.77. The monoisotopic (exact) mass is 261 g/mol. The number of aliphatic hydroxyl groups excluding tert-OH is 1. The van der Waals surface area contributed by atoms with Crippen LogP contribution in [0.1, 0.15) is 30.9 Å². The maximum absolute atomic E-state index is 13.5. The predicted molar refractivity (Wildman–Crippen MR) is 65.6 cm³/mol. The van der Waals surface area contributed by atoms with E-state index in [0.29, 0.717) is 0 Å². The van der Waals surface area contributed by atoms with E-state index in [1.165, 1.54) is 12.1 Å². The van der Waals surface area contributed by atoms with Gasteiger partial charge in [0.25, 0.3) is 0 Å². The Morgan fingerprint density at radius 3 is 2.47 bits per heavy atom. The van der Waals surface area contributed by atoms with Crippen molar-refractivity contribution in [3.05, 3.63) is 29.6 Å². The van der Waals surface area contributed by atoms with Crippen LogP contribution in [-0.4, -0.2) is 16.3 Å². The minimum Gasteiger partial charge on any atom is -0.508 e. The van der Waals surface area contributed by atoms with Crippen molar-refractivity contribution in [1.82, 2.24) is 0 Å². The number of aliphatic hydroxyl groups is 1. The molecule has 0 radical (unpaired) electrons. The third-order valence-corrected chi connectivity index (χ3v) is 3.34. The zero-order chi connectivity index (χ0) is 11.7. The standard InChI is InChI=1S/C12H16FNO2.ClH/c13-10-6-8(15)4-5-9(10)11(14)12(16)7-2-1-3-7;/h4-7,11-12,15-16H,1-3,14H2;1H/t11-,12+;/m0./s1. The van der Waals surface area contributed by atoms with E-state index in [9.17, 15) is 9.50 Å². The Bertz CT molecular complexity index is 385. The van der Waals surface area contributed by atoms with Crippen molar-refractivity contribution in [2.24, 2.45) is 11.7 Å². The molecule has 1 aliphatic rings. The van der Waals surface area contributed by atoms with E-state index in [0.717, 1.165) is 25.3 Å². The Balaban J connectivity index is 0.00000144. The number of benzene rings is 1. The topological polar surface area (TPSA) is 66.5 Å². The van der Waals surface area contributed by atoms with Gasteiger partial charge in [0.15, 0.2) is 0 Å². The molecule has 0 saturated heterocycles. The summed E-state index contributed by atoms with van der Waals surface area (Å²) >= 11 is 0. The SMILES string of the molecule is Cl.N[C@@H](c1ccc(O)cc1F)[C@H](O)C1CCC1. The second-order valence-corrected chi connectivity index (χ2v) is 4.41. The minimum atomic E-state index is -0.717. The van der Waals surface area contributed by atoms with Crippen LogP contribution >= 0.6 is 12.4 Å². The molecule has 17 heavy (non-hydrogen) atoms. The zero-order valence-electron chi connectivity index (χ0n) is 9.34. The molecule has 96 valence electrons. The lowest BCUT2D eigenvalue weighted by Gasteiger charge is -2.33. The van der Waals surface area contributed by atoms with Gasteiger partial charge in [-0.3, -0.25) is 0 Å². The third kappa shape index (κ3) is 2.89. The van der Waals surface area contributed by atoms with Gasteiger partial charge in [-0.15, -0.1) is 12.4 Å². The van der Waals surface area contributed by atoms with Crippen molar-refractivity contribution in [3.63, 3.8) is 0 Å². The van der Waals surface area contributed by atoms with E-state index in [4.69, 9.17) is 10.8 Å². The quantitative estimate of drug-likeness (QED) is 0.781. The molecule has 0 heterocycles. The van der Waals surface area contributed by atoms with Crippen LogP contribution in [0.2, 0.25) is 0 Å². The van der Waals surface area contributed by atoms with Crippen molar-refractivity contribution in [2.75, 3.05) is 0 Å². The highest BCUT2D eigenvalue weighted by molar-refractivity contribution is 5.85. The smallest absolute Gasteiger partial charge is 0.131 e. The molecule has 1 aromatic rings. The predicted octanol–water partition coefficient (Wildman–Crippen LogP) is 2.11. The molecular weight excluding hydrogens is 245 g/mol. The van der Waals surface area contributed by atoms with Crippen LogP contribution in [0.3, 0.4) is 0 Å². The number of hydrogen-bond acceptors (Lipinski definition) is 3. The molecule has 4 N–H and O–H groups in total. The van der Waals surface area contributed by atoms with Crippen molar-refractivity contribution >= 4 is 12.4 Å². The maximum atomic E-state index is 13.5. The number of phenolic OH excluding ortho intramolecular Hbond substituents is 1.